The van der Waals surface area contributed by atoms with Gasteiger partial charge in [-0.15, -0.1) is 0 Å². The summed E-state index contributed by atoms with van der Waals surface area (Å²) in [6.07, 6.45) is -0.346. The molecule has 3 rings (SSSR count). The fourth-order valence-corrected chi connectivity index (χ4v) is 3.26. The fraction of sp³-hybridized carbons (Fsp3) is 0.278. The van der Waals surface area contributed by atoms with Crippen LogP contribution in [0.4, 0.5) is 4.39 Å². The summed E-state index contributed by atoms with van der Waals surface area (Å²) < 4.78 is 20.4. The normalized spacial score (nSPS) is 17.8. The highest BCUT2D eigenvalue weighted by atomic mass is 79.9. The number of carbonyl (C=O) groups excluding carboxylic acids is 1. The maximum atomic E-state index is 14.2. The molecule has 0 radical (unpaired) electrons. The zero-order valence-corrected chi connectivity index (χ0v) is 14.7. The summed E-state index contributed by atoms with van der Waals surface area (Å²) in [6.45, 7) is 2.88. The molecule has 1 heterocycles. The molecule has 2 aromatic rings. The van der Waals surface area contributed by atoms with Gasteiger partial charge in [0.2, 0.25) is 0 Å². The number of morpholine rings is 1. The summed E-state index contributed by atoms with van der Waals surface area (Å²) >= 11 is 3.32. The first-order valence-corrected chi connectivity index (χ1v) is 8.41. The predicted octanol–water partition coefficient (Wildman–Crippen LogP) is 3.82. The van der Waals surface area contributed by atoms with Crippen LogP contribution in [0.15, 0.2) is 40.9 Å². The highest BCUT2D eigenvalue weighted by molar-refractivity contribution is 9.10. The Bertz CT molecular complexity index is 781. The quantitative estimate of drug-likeness (QED) is 0.843. The molecule has 1 N–H and O–H groups in total. The molecule has 0 unspecified atom stereocenters. The number of hydrogen-bond acceptors (Lipinski definition) is 3. The second kappa shape index (κ2) is 6.91. The second-order valence-corrected chi connectivity index (χ2v) is 6.55. The lowest BCUT2D eigenvalue weighted by atomic mass is 10.1. The molecule has 6 heteroatoms. The molecule has 0 aliphatic carbocycles. The number of phenols is 1. The van der Waals surface area contributed by atoms with Gasteiger partial charge in [0.1, 0.15) is 17.7 Å². The first-order chi connectivity index (χ1) is 11.5. The number of phenolic OH excluding ortho intramolecular Hbond substituents is 1. The van der Waals surface area contributed by atoms with E-state index in [0.29, 0.717) is 24.2 Å². The minimum Gasteiger partial charge on any atom is -0.508 e. The Morgan fingerprint density at radius 3 is 2.92 bits per heavy atom. The van der Waals surface area contributed by atoms with E-state index in [1.165, 1.54) is 6.07 Å². The molecular formula is C18H17BrFNO3. The minimum atomic E-state index is -0.544. The maximum absolute atomic E-state index is 14.2. The third-order valence-corrected chi connectivity index (χ3v) is 5.12. The van der Waals surface area contributed by atoms with Crippen molar-refractivity contribution in [2.24, 2.45) is 0 Å². The van der Waals surface area contributed by atoms with Crippen LogP contribution < -0.4 is 0 Å². The van der Waals surface area contributed by atoms with Crippen molar-refractivity contribution in [3.8, 4) is 5.75 Å². The molecular weight excluding hydrogens is 377 g/mol. The average Bonchev–Trinajstić information content (AvgIpc) is 2.58. The number of hydrogen-bond donors (Lipinski definition) is 1. The van der Waals surface area contributed by atoms with Gasteiger partial charge in [0, 0.05) is 11.0 Å². The first kappa shape index (κ1) is 16.9. The number of benzene rings is 2. The zero-order valence-electron chi connectivity index (χ0n) is 13.1. The second-order valence-electron chi connectivity index (χ2n) is 5.76. The fourth-order valence-electron chi connectivity index (χ4n) is 2.77. The topological polar surface area (TPSA) is 49.8 Å². The van der Waals surface area contributed by atoms with Crippen LogP contribution in [0.1, 0.15) is 27.6 Å². The van der Waals surface area contributed by atoms with E-state index < -0.39 is 5.82 Å². The van der Waals surface area contributed by atoms with Crippen LogP contribution in [0.5, 0.6) is 5.75 Å². The van der Waals surface area contributed by atoms with E-state index in [9.17, 15) is 14.3 Å². The predicted molar refractivity (Wildman–Crippen MR) is 91.5 cm³/mol. The molecule has 1 atom stereocenters. The third kappa shape index (κ3) is 3.30. The summed E-state index contributed by atoms with van der Waals surface area (Å²) in [5.74, 6) is -0.763. The third-order valence-electron chi connectivity index (χ3n) is 4.09. The number of ether oxygens (including phenoxy) is 1. The van der Waals surface area contributed by atoms with Gasteiger partial charge in [0.25, 0.3) is 5.91 Å². The first-order valence-electron chi connectivity index (χ1n) is 7.62. The van der Waals surface area contributed by atoms with Gasteiger partial charge in [-0.1, -0.05) is 18.2 Å². The van der Waals surface area contributed by atoms with Crippen molar-refractivity contribution in [3.05, 3.63) is 63.4 Å². The molecule has 1 saturated heterocycles. The number of carbonyl (C=O) groups is 1. The van der Waals surface area contributed by atoms with Crippen LogP contribution >= 0.6 is 15.9 Å². The van der Waals surface area contributed by atoms with E-state index in [0.717, 1.165) is 11.1 Å². The highest BCUT2D eigenvalue weighted by Crippen LogP contribution is 2.29. The standard InChI is InChI=1S/C18H17BrFNO3/c1-11-5-6-14(20)16(17(11)19)18(23)21-7-8-24-15(10-21)12-3-2-4-13(22)9-12/h2-6,9,15,22H,7-8,10H2,1H3/t15-/m1/s1. The number of rotatable bonds is 2. The van der Waals surface area contributed by atoms with Gasteiger partial charge in [-0.05, 0) is 52.2 Å². The van der Waals surface area contributed by atoms with E-state index >= 15 is 0 Å². The number of nitrogens with zero attached hydrogens (tertiary/aromatic N) is 1. The van der Waals surface area contributed by atoms with Crippen molar-refractivity contribution in [1.29, 1.82) is 0 Å². The van der Waals surface area contributed by atoms with Crippen molar-refractivity contribution in [2.75, 3.05) is 19.7 Å². The van der Waals surface area contributed by atoms with Crippen LogP contribution in [0, 0.1) is 12.7 Å². The minimum absolute atomic E-state index is 0.0477. The van der Waals surface area contributed by atoms with Gasteiger partial charge in [-0.25, -0.2) is 4.39 Å². The molecule has 1 aliphatic rings. The largest absolute Gasteiger partial charge is 0.508 e. The smallest absolute Gasteiger partial charge is 0.258 e. The van der Waals surface area contributed by atoms with Gasteiger partial charge in [-0.3, -0.25) is 4.79 Å². The van der Waals surface area contributed by atoms with E-state index in [-0.39, 0.29) is 23.3 Å². The van der Waals surface area contributed by atoms with Crippen molar-refractivity contribution in [2.45, 2.75) is 13.0 Å². The van der Waals surface area contributed by atoms with Crippen LogP contribution in [0.3, 0.4) is 0 Å². The number of halogens is 2. The summed E-state index contributed by atoms with van der Waals surface area (Å²) in [5.41, 5.74) is 1.64. The van der Waals surface area contributed by atoms with Gasteiger partial charge in [0.05, 0.1) is 18.7 Å². The molecule has 0 spiro atoms. The number of amides is 1. The Balaban J connectivity index is 1.85. The van der Waals surface area contributed by atoms with Gasteiger partial charge in [0.15, 0.2) is 0 Å². The lowest BCUT2D eigenvalue weighted by Gasteiger charge is -2.33. The SMILES string of the molecule is Cc1ccc(F)c(C(=O)N2CCO[C@@H](c3cccc(O)c3)C2)c1Br. The van der Waals surface area contributed by atoms with E-state index in [4.69, 9.17) is 4.74 Å². The molecule has 1 amide bonds. The van der Waals surface area contributed by atoms with Gasteiger partial charge < -0.3 is 14.7 Å². The van der Waals surface area contributed by atoms with Crippen LogP contribution in [-0.4, -0.2) is 35.6 Å². The molecule has 1 fully saturated rings. The Morgan fingerprint density at radius 2 is 2.17 bits per heavy atom. The highest BCUT2D eigenvalue weighted by Gasteiger charge is 2.29. The van der Waals surface area contributed by atoms with Gasteiger partial charge >= 0.3 is 0 Å². The van der Waals surface area contributed by atoms with Crippen molar-refractivity contribution in [1.82, 2.24) is 4.90 Å². The molecule has 126 valence electrons. The van der Waals surface area contributed by atoms with Crippen LogP contribution in [0.25, 0.3) is 0 Å². The van der Waals surface area contributed by atoms with Gasteiger partial charge in [-0.2, -0.15) is 0 Å². The van der Waals surface area contributed by atoms with Crippen molar-refractivity contribution >= 4 is 21.8 Å². The van der Waals surface area contributed by atoms with E-state index in [1.54, 1.807) is 29.2 Å². The number of aryl methyl sites for hydroxylation is 1. The molecule has 0 bridgehead atoms. The Hall–Kier alpha value is -1.92. The molecule has 0 aromatic heterocycles. The maximum Gasteiger partial charge on any atom is 0.258 e. The summed E-state index contributed by atoms with van der Waals surface area (Å²) in [5, 5.41) is 9.61. The molecule has 4 nitrogen and oxygen atoms in total. The van der Waals surface area contributed by atoms with Crippen LogP contribution in [0.2, 0.25) is 0 Å². The number of aromatic hydroxyl groups is 1. The lowest BCUT2D eigenvalue weighted by molar-refractivity contribution is -0.0230. The molecule has 1 aliphatic heterocycles. The lowest BCUT2D eigenvalue weighted by Crippen LogP contribution is -2.42. The summed E-state index contributed by atoms with van der Waals surface area (Å²) in [4.78, 5) is 14.4. The van der Waals surface area contributed by atoms with Crippen molar-refractivity contribution in [3.63, 3.8) is 0 Å². The Kier molecular flexibility index (Phi) is 4.87. The summed E-state index contributed by atoms with van der Waals surface area (Å²) in [6, 6.07) is 9.69. The van der Waals surface area contributed by atoms with Crippen LogP contribution in [-0.2, 0) is 4.74 Å². The molecule has 2 aromatic carbocycles. The van der Waals surface area contributed by atoms with E-state index in [1.807, 2.05) is 13.0 Å². The average molecular weight is 394 g/mol. The Morgan fingerprint density at radius 1 is 1.38 bits per heavy atom. The zero-order chi connectivity index (χ0) is 17.3. The molecule has 24 heavy (non-hydrogen) atoms. The monoisotopic (exact) mass is 393 g/mol. The summed E-state index contributed by atoms with van der Waals surface area (Å²) in [7, 11) is 0. The molecule has 0 saturated carbocycles. The van der Waals surface area contributed by atoms with E-state index in [2.05, 4.69) is 15.9 Å². The van der Waals surface area contributed by atoms with Crippen molar-refractivity contribution < 1.29 is 19.0 Å². The Labute approximate surface area is 148 Å².